The summed E-state index contributed by atoms with van der Waals surface area (Å²) in [5.74, 6) is 0.721. The Bertz CT molecular complexity index is 1510. The second kappa shape index (κ2) is 8.81. The fourth-order valence-corrected chi connectivity index (χ4v) is 4.65. The highest BCUT2D eigenvalue weighted by Crippen LogP contribution is 2.31. The van der Waals surface area contributed by atoms with Gasteiger partial charge < -0.3 is 15.0 Å². The number of imidazole rings is 2. The molecule has 34 heavy (non-hydrogen) atoms. The quantitative estimate of drug-likeness (QED) is 0.365. The minimum atomic E-state index is -0.184. The monoisotopic (exact) mass is 454 g/mol. The summed E-state index contributed by atoms with van der Waals surface area (Å²) in [6, 6.07) is 20.4. The van der Waals surface area contributed by atoms with E-state index in [-0.39, 0.29) is 5.69 Å². The van der Waals surface area contributed by atoms with E-state index < -0.39 is 0 Å². The maximum atomic E-state index is 13.3. The van der Waals surface area contributed by atoms with Crippen molar-refractivity contribution < 1.29 is 4.74 Å². The lowest BCUT2D eigenvalue weighted by atomic mass is 10.0. The van der Waals surface area contributed by atoms with Gasteiger partial charge in [0.1, 0.15) is 5.82 Å². The van der Waals surface area contributed by atoms with Gasteiger partial charge in [0.05, 0.1) is 42.0 Å². The Morgan fingerprint density at radius 1 is 1.00 bits per heavy atom. The number of nitrogens with zero attached hydrogens (tertiary/aromatic N) is 3. The third-order valence-electron chi connectivity index (χ3n) is 6.41. The number of H-pyrrole nitrogens is 2. The van der Waals surface area contributed by atoms with Gasteiger partial charge in [-0.05, 0) is 35.0 Å². The molecule has 8 nitrogen and oxygen atoms in total. The number of nitrogens with one attached hydrogen (secondary N) is 3. The highest BCUT2D eigenvalue weighted by atomic mass is 16.5. The highest BCUT2D eigenvalue weighted by Gasteiger charge is 2.19. The first-order valence-electron chi connectivity index (χ1n) is 11.6. The average Bonchev–Trinajstić information content (AvgIpc) is 3.47. The van der Waals surface area contributed by atoms with Crippen LogP contribution in [0.15, 0.2) is 71.8 Å². The molecule has 3 heterocycles. The topological polar surface area (TPSA) is 91.0 Å². The highest BCUT2D eigenvalue weighted by molar-refractivity contribution is 5.89. The van der Waals surface area contributed by atoms with Crippen LogP contribution in [-0.2, 0) is 4.74 Å². The molecular weight excluding hydrogens is 428 g/mol. The fraction of sp³-hybridized carbons (Fsp3) is 0.231. The first kappa shape index (κ1) is 20.7. The minimum absolute atomic E-state index is 0.184. The van der Waals surface area contributed by atoms with Crippen LogP contribution in [0.1, 0.15) is 0 Å². The molecule has 3 aromatic carbocycles. The van der Waals surface area contributed by atoms with Gasteiger partial charge in [0.15, 0.2) is 0 Å². The van der Waals surface area contributed by atoms with Crippen LogP contribution >= 0.6 is 0 Å². The van der Waals surface area contributed by atoms with Crippen LogP contribution in [0.4, 0.5) is 5.82 Å². The van der Waals surface area contributed by atoms with Crippen molar-refractivity contribution in [2.75, 3.05) is 44.7 Å². The van der Waals surface area contributed by atoms with Crippen molar-refractivity contribution in [3.63, 3.8) is 0 Å². The summed E-state index contributed by atoms with van der Waals surface area (Å²) in [4.78, 5) is 26.1. The van der Waals surface area contributed by atoms with Gasteiger partial charge >= 0.3 is 5.69 Å². The molecule has 1 fully saturated rings. The number of hydrogen-bond donors (Lipinski definition) is 3. The predicted molar refractivity (Wildman–Crippen MR) is 135 cm³/mol. The van der Waals surface area contributed by atoms with E-state index in [0.717, 1.165) is 84.0 Å². The standard InChI is InChI=1S/C26H26N6O2/c33-26-30-25(27-9-10-31-11-13-34-14-12-31)24(20-6-5-18-3-1-2-4-19(18)15-20)32(26)21-7-8-22-23(16-21)29-17-28-22/h1-8,15-17,27H,9-14H2,(H,28,29)(H,30,33). The lowest BCUT2D eigenvalue weighted by Gasteiger charge is -2.26. The van der Waals surface area contributed by atoms with Crippen molar-refractivity contribution in [1.29, 1.82) is 0 Å². The van der Waals surface area contributed by atoms with E-state index in [9.17, 15) is 4.79 Å². The molecule has 0 bridgehead atoms. The molecule has 0 radical (unpaired) electrons. The first-order valence-corrected chi connectivity index (χ1v) is 11.6. The number of hydrogen-bond acceptors (Lipinski definition) is 5. The number of ether oxygens (including phenoxy) is 1. The van der Waals surface area contributed by atoms with Gasteiger partial charge in [-0.3, -0.25) is 14.5 Å². The number of anilines is 1. The zero-order valence-electron chi connectivity index (χ0n) is 18.8. The normalized spacial score (nSPS) is 14.7. The van der Waals surface area contributed by atoms with Crippen molar-refractivity contribution >= 4 is 27.6 Å². The van der Waals surface area contributed by atoms with Crippen molar-refractivity contribution in [2.45, 2.75) is 0 Å². The molecule has 172 valence electrons. The molecule has 0 unspecified atom stereocenters. The van der Waals surface area contributed by atoms with Crippen LogP contribution in [0.3, 0.4) is 0 Å². The van der Waals surface area contributed by atoms with E-state index in [1.54, 1.807) is 10.9 Å². The van der Waals surface area contributed by atoms with E-state index >= 15 is 0 Å². The summed E-state index contributed by atoms with van der Waals surface area (Å²) in [6.07, 6.45) is 1.66. The number of rotatable bonds is 6. The summed E-state index contributed by atoms with van der Waals surface area (Å²) < 4.78 is 7.19. The van der Waals surface area contributed by atoms with Crippen LogP contribution < -0.4 is 11.0 Å². The summed E-state index contributed by atoms with van der Waals surface area (Å²) in [7, 11) is 0. The van der Waals surface area contributed by atoms with Gasteiger partial charge in [-0.1, -0.05) is 36.4 Å². The average molecular weight is 455 g/mol. The van der Waals surface area contributed by atoms with Crippen LogP contribution in [-0.4, -0.2) is 63.8 Å². The van der Waals surface area contributed by atoms with E-state index in [4.69, 9.17) is 4.74 Å². The van der Waals surface area contributed by atoms with Gasteiger partial charge in [-0.2, -0.15) is 0 Å². The summed E-state index contributed by atoms with van der Waals surface area (Å²) in [5.41, 5.74) is 4.13. The van der Waals surface area contributed by atoms with E-state index in [2.05, 4.69) is 55.5 Å². The Morgan fingerprint density at radius 2 is 1.85 bits per heavy atom. The lowest BCUT2D eigenvalue weighted by Crippen LogP contribution is -2.39. The summed E-state index contributed by atoms with van der Waals surface area (Å²) >= 11 is 0. The number of fused-ring (bicyclic) bond motifs is 2. The van der Waals surface area contributed by atoms with Crippen LogP contribution in [0.2, 0.25) is 0 Å². The van der Waals surface area contributed by atoms with Crippen molar-refractivity contribution in [3.8, 4) is 16.9 Å². The van der Waals surface area contributed by atoms with Crippen molar-refractivity contribution in [2.24, 2.45) is 0 Å². The maximum absolute atomic E-state index is 13.3. The predicted octanol–water partition coefficient (Wildman–Crippen LogP) is 3.61. The second-order valence-electron chi connectivity index (χ2n) is 8.54. The second-order valence-corrected chi connectivity index (χ2v) is 8.54. The number of benzene rings is 3. The van der Waals surface area contributed by atoms with Gasteiger partial charge in [-0.15, -0.1) is 0 Å². The minimum Gasteiger partial charge on any atom is -0.379 e. The smallest absolute Gasteiger partial charge is 0.332 e. The molecule has 0 amide bonds. The van der Waals surface area contributed by atoms with Crippen LogP contribution in [0.25, 0.3) is 38.8 Å². The largest absolute Gasteiger partial charge is 0.379 e. The van der Waals surface area contributed by atoms with E-state index in [0.29, 0.717) is 0 Å². The molecule has 0 aliphatic carbocycles. The summed E-state index contributed by atoms with van der Waals surface area (Å²) in [5, 5.41) is 5.78. The van der Waals surface area contributed by atoms with Crippen LogP contribution in [0, 0.1) is 0 Å². The molecule has 1 saturated heterocycles. The third-order valence-corrected chi connectivity index (χ3v) is 6.41. The van der Waals surface area contributed by atoms with Crippen LogP contribution in [0.5, 0.6) is 0 Å². The zero-order chi connectivity index (χ0) is 22.9. The maximum Gasteiger partial charge on any atom is 0.332 e. The van der Waals surface area contributed by atoms with E-state index in [1.165, 1.54) is 0 Å². The van der Waals surface area contributed by atoms with Crippen molar-refractivity contribution in [1.82, 2.24) is 24.4 Å². The molecule has 1 aliphatic rings. The molecular formula is C26H26N6O2. The first-order chi connectivity index (χ1) is 16.8. The molecule has 0 spiro atoms. The van der Waals surface area contributed by atoms with Gasteiger partial charge in [0, 0.05) is 31.7 Å². The van der Waals surface area contributed by atoms with E-state index in [1.807, 2.05) is 30.3 Å². The number of aromatic amines is 2. The third kappa shape index (κ3) is 3.87. The Balaban J connectivity index is 1.42. The van der Waals surface area contributed by atoms with Gasteiger partial charge in [0.25, 0.3) is 0 Å². The Hall–Kier alpha value is -3.88. The Kier molecular flexibility index (Phi) is 5.37. The zero-order valence-corrected chi connectivity index (χ0v) is 18.8. The van der Waals surface area contributed by atoms with Gasteiger partial charge in [-0.25, -0.2) is 9.78 Å². The molecule has 2 aromatic heterocycles. The van der Waals surface area contributed by atoms with Crippen molar-refractivity contribution in [3.05, 3.63) is 77.5 Å². The Morgan fingerprint density at radius 3 is 2.74 bits per heavy atom. The lowest BCUT2D eigenvalue weighted by molar-refractivity contribution is 0.0398. The Labute approximate surface area is 196 Å². The molecule has 3 N–H and O–H groups in total. The summed E-state index contributed by atoms with van der Waals surface area (Å²) in [6.45, 7) is 5.01. The van der Waals surface area contributed by atoms with Gasteiger partial charge in [0.2, 0.25) is 0 Å². The fourth-order valence-electron chi connectivity index (χ4n) is 4.65. The molecule has 8 heteroatoms. The SMILES string of the molecule is O=c1[nH]c(NCCN2CCOCC2)c(-c2ccc3ccccc3c2)n1-c1ccc2nc[nH]c2c1. The molecule has 5 aromatic rings. The number of morpholine rings is 1. The number of aromatic nitrogens is 4. The molecule has 6 rings (SSSR count). The molecule has 0 saturated carbocycles. The molecule has 1 aliphatic heterocycles. The molecule has 0 atom stereocenters.